The minimum atomic E-state index is -0.223. The lowest BCUT2D eigenvalue weighted by Gasteiger charge is -2.36. The first-order valence-corrected chi connectivity index (χ1v) is 7.72. The zero-order valence-electron chi connectivity index (χ0n) is 11.9. The summed E-state index contributed by atoms with van der Waals surface area (Å²) in [7, 11) is 0. The van der Waals surface area contributed by atoms with E-state index in [1.54, 1.807) is 0 Å². The molecule has 0 aromatic heterocycles. The van der Waals surface area contributed by atoms with Crippen LogP contribution in [-0.4, -0.2) is 30.5 Å². The van der Waals surface area contributed by atoms with E-state index in [1.165, 1.54) is 5.56 Å². The van der Waals surface area contributed by atoms with E-state index in [0.29, 0.717) is 13.2 Å². The monoisotopic (exact) mass is 305 g/mol. The van der Waals surface area contributed by atoms with Crippen LogP contribution in [0.3, 0.4) is 0 Å². The number of hydrogen-bond donors (Lipinski definition) is 2. The summed E-state index contributed by atoms with van der Waals surface area (Å²) in [5, 5.41) is 16.3. The fourth-order valence-electron chi connectivity index (χ4n) is 2.91. The number of rotatable bonds is 4. The van der Waals surface area contributed by atoms with Gasteiger partial charge in [-0.2, -0.15) is 0 Å². The maximum absolute atomic E-state index is 9.74. The Bertz CT molecular complexity index is 623. The van der Waals surface area contributed by atoms with Crippen molar-refractivity contribution in [3.63, 3.8) is 0 Å². The number of fused-ring (bicyclic) bond motifs is 1. The van der Waals surface area contributed by atoms with Gasteiger partial charge < -0.3 is 15.2 Å². The predicted molar refractivity (Wildman–Crippen MR) is 85.7 cm³/mol. The van der Waals surface area contributed by atoms with Crippen LogP contribution in [0.5, 0.6) is 0 Å². The normalized spacial score (nSPS) is 18.0. The number of nitrogens with one attached hydrogen (secondary N) is 1. The second kappa shape index (κ2) is 6.32. The Kier molecular flexibility index (Phi) is 4.45. The summed E-state index contributed by atoms with van der Waals surface area (Å²) in [4.78, 5) is 0. The van der Waals surface area contributed by atoms with Gasteiger partial charge >= 0.3 is 0 Å². The van der Waals surface area contributed by atoms with Crippen molar-refractivity contribution in [1.29, 1.82) is 0 Å². The second-order valence-corrected chi connectivity index (χ2v) is 6.06. The molecule has 0 atom stereocenters. The molecule has 3 nitrogen and oxygen atoms in total. The van der Waals surface area contributed by atoms with E-state index in [-0.39, 0.29) is 12.1 Å². The highest BCUT2D eigenvalue weighted by molar-refractivity contribution is 6.35. The van der Waals surface area contributed by atoms with Crippen LogP contribution in [-0.2, 0) is 11.3 Å². The largest absolute Gasteiger partial charge is 0.394 e. The van der Waals surface area contributed by atoms with Gasteiger partial charge in [0.1, 0.15) is 0 Å². The number of ether oxygens (including phenoxy) is 1. The average Bonchev–Trinajstić information content (AvgIpc) is 2.55. The lowest BCUT2D eigenvalue weighted by molar-refractivity contribution is 0.0112. The molecular weight excluding hydrogens is 286 g/mol. The Hall–Kier alpha value is -1.13. The Morgan fingerprint density at radius 2 is 1.81 bits per heavy atom. The van der Waals surface area contributed by atoms with Gasteiger partial charge in [0.15, 0.2) is 0 Å². The molecule has 1 saturated heterocycles. The molecule has 1 aliphatic heterocycles. The Morgan fingerprint density at radius 3 is 2.52 bits per heavy atom. The van der Waals surface area contributed by atoms with E-state index < -0.39 is 0 Å². The highest BCUT2D eigenvalue weighted by Crippen LogP contribution is 2.27. The van der Waals surface area contributed by atoms with Crippen LogP contribution < -0.4 is 5.32 Å². The third-order valence-electron chi connectivity index (χ3n) is 4.37. The molecule has 0 unspecified atom stereocenters. The second-order valence-electron chi connectivity index (χ2n) is 5.66. The molecular formula is C17H20ClNO2. The van der Waals surface area contributed by atoms with E-state index in [2.05, 4.69) is 17.4 Å². The van der Waals surface area contributed by atoms with E-state index in [9.17, 15) is 5.11 Å². The Labute approximate surface area is 129 Å². The Morgan fingerprint density at radius 1 is 1.10 bits per heavy atom. The van der Waals surface area contributed by atoms with Gasteiger partial charge in [-0.1, -0.05) is 41.9 Å². The van der Waals surface area contributed by atoms with Crippen LogP contribution >= 0.6 is 11.6 Å². The van der Waals surface area contributed by atoms with Crippen molar-refractivity contribution >= 4 is 22.4 Å². The molecule has 112 valence electrons. The van der Waals surface area contributed by atoms with Gasteiger partial charge in [-0.15, -0.1) is 0 Å². The van der Waals surface area contributed by atoms with Crippen molar-refractivity contribution in [2.24, 2.45) is 0 Å². The number of aliphatic hydroxyl groups excluding tert-OH is 1. The molecule has 0 bridgehead atoms. The smallest absolute Gasteiger partial charge is 0.0615 e. The highest BCUT2D eigenvalue weighted by Gasteiger charge is 2.31. The molecule has 2 N–H and O–H groups in total. The number of halogens is 1. The van der Waals surface area contributed by atoms with Crippen LogP contribution in [0.25, 0.3) is 10.8 Å². The van der Waals surface area contributed by atoms with Crippen molar-refractivity contribution < 1.29 is 9.84 Å². The highest BCUT2D eigenvalue weighted by atomic mass is 35.5. The molecule has 0 radical (unpaired) electrons. The Balaban J connectivity index is 1.83. The quantitative estimate of drug-likeness (QED) is 0.912. The van der Waals surface area contributed by atoms with Gasteiger partial charge in [0.25, 0.3) is 0 Å². The van der Waals surface area contributed by atoms with Crippen LogP contribution in [0.15, 0.2) is 36.4 Å². The molecule has 21 heavy (non-hydrogen) atoms. The van der Waals surface area contributed by atoms with Gasteiger partial charge in [-0.25, -0.2) is 0 Å². The molecule has 0 aliphatic carbocycles. The fraction of sp³-hybridized carbons (Fsp3) is 0.412. The van der Waals surface area contributed by atoms with Crippen molar-refractivity contribution in [1.82, 2.24) is 5.32 Å². The summed E-state index contributed by atoms with van der Waals surface area (Å²) in [6, 6.07) is 12.2. The standard InChI is InChI=1S/C17H20ClNO2/c18-16-6-5-13(14-3-1-2-4-15(14)16)11-19-17(12-20)7-9-21-10-8-17/h1-6,19-20H,7-12H2. The molecule has 0 amide bonds. The SMILES string of the molecule is OCC1(NCc2ccc(Cl)c3ccccc23)CCOCC1. The molecule has 3 rings (SSSR count). The van der Waals surface area contributed by atoms with Gasteiger partial charge in [-0.3, -0.25) is 0 Å². The summed E-state index contributed by atoms with van der Waals surface area (Å²) in [6.07, 6.45) is 1.68. The molecule has 1 aliphatic rings. The third-order valence-corrected chi connectivity index (χ3v) is 4.70. The zero-order valence-corrected chi connectivity index (χ0v) is 12.7. The maximum atomic E-state index is 9.74. The van der Waals surface area contributed by atoms with E-state index >= 15 is 0 Å². The van der Waals surface area contributed by atoms with Crippen LogP contribution in [0.2, 0.25) is 5.02 Å². The first-order chi connectivity index (χ1) is 10.2. The summed E-state index contributed by atoms with van der Waals surface area (Å²) in [5.74, 6) is 0. The first-order valence-electron chi connectivity index (χ1n) is 7.34. The van der Waals surface area contributed by atoms with Crippen LogP contribution in [0.1, 0.15) is 18.4 Å². The van der Waals surface area contributed by atoms with E-state index in [0.717, 1.165) is 35.2 Å². The van der Waals surface area contributed by atoms with Gasteiger partial charge in [0.2, 0.25) is 0 Å². The molecule has 0 spiro atoms. The van der Waals surface area contributed by atoms with Gasteiger partial charge in [0, 0.05) is 35.7 Å². The zero-order chi connectivity index (χ0) is 14.7. The number of aliphatic hydroxyl groups is 1. The van der Waals surface area contributed by atoms with Crippen molar-refractivity contribution in [2.45, 2.75) is 24.9 Å². The number of benzene rings is 2. The summed E-state index contributed by atoms with van der Waals surface area (Å²) < 4.78 is 5.40. The summed E-state index contributed by atoms with van der Waals surface area (Å²) in [6.45, 7) is 2.27. The van der Waals surface area contributed by atoms with Gasteiger partial charge in [0.05, 0.1) is 6.61 Å². The molecule has 0 saturated carbocycles. The minimum absolute atomic E-state index is 0.141. The molecule has 4 heteroatoms. The van der Waals surface area contributed by atoms with Crippen LogP contribution in [0.4, 0.5) is 0 Å². The van der Waals surface area contributed by atoms with Crippen molar-refractivity contribution in [2.75, 3.05) is 19.8 Å². The van der Waals surface area contributed by atoms with E-state index in [4.69, 9.17) is 16.3 Å². The summed E-state index contributed by atoms with van der Waals surface area (Å²) in [5.41, 5.74) is 0.980. The van der Waals surface area contributed by atoms with Gasteiger partial charge in [-0.05, 0) is 29.9 Å². The van der Waals surface area contributed by atoms with E-state index in [1.807, 2.05) is 24.3 Å². The topological polar surface area (TPSA) is 41.5 Å². The van der Waals surface area contributed by atoms with Crippen molar-refractivity contribution in [3.05, 3.63) is 47.0 Å². The minimum Gasteiger partial charge on any atom is -0.394 e. The molecule has 1 heterocycles. The first kappa shape index (κ1) is 14.8. The van der Waals surface area contributed by atoms with Crippen molar-refractivity contribution in [3.8, 4) is 0 Å². The number of hydrogen-bond acceptors (Lipinski definition) is 3. The summed E-state index contributed by atoms with van der Waals surface area (Å²) >= 11 is 6.26. The third kappa shape index (κ3) is 3.06. The molecule has 1 fully saturated rings. The lowest BCUT2D eigenvalue weighted by atomic mass is 9.90. The molecule has 2 aromatic rings. The fourth-order valence-corrected chi connectivity index (χ4v) is 3.14. The predicted octanol–water partition coefficient (Wildman–Crippen LogP) is 3.12. The average molecular weight is 306 g/mol. The maximum Gasteiger partial charge on any atom is 0.0615 e. The molecule has 2 aromatic carbocycles. The van der Waals surface area contributed by atoms with Crippen LogP contribution in [0, 0.1) is 0 Å². The lowest BCUT2D eigenvalue weighted by Crippen LogP contribution is -2.51.